The molecule has 0 aliphatic heterocycles. The van der Waals surface area contributed by atoms with E-state index in [9.17, 15) is 4.79 Å². The summed E-state index contributed by atoms with van der Waals surface area (Å²) in [6, 6.07) is 11.0. The van der Waals surface area contributed by atoms with E-state index < -0.39 is 0 Å². The van der Waals surface area contributed by atoms with Crippen LogP contribution in [0, 0.1) is 0 Å². The number of methoxy groups -OCH3 is 2. The summed E-state index contributed by atoms with van der Waals surface area (Å²) in [5.41, 5.74) is 7.67. The molecular formula is C18H21ClN2O3. The van der Waals surface area contributed by atoms with Crippen molar-refractivity contribution in [3.8, 4) is 11.5 Å². The van der Waals surface area contributed by atoms with E-state index in [0.717, 1.165) is 18.6 Å². The number of amides is 1. The van der Waals surface area contributed by atoms with Crippen molar-refractivity contribution in [2.45, 2.75) is 12.8 Å². The van der Waals surface area contributed by atoms with Gasteiger partial charge in [-0.25, -0.2) is 0 Å². The number of hydrogen-bond donors (Lipinski definition) is 2. The fourth-order valence-electron chi connectivity index (χ4n) is 2.30. The summed E-state index contributed by atoms with van der Waals surface area (Å²) in [4.78, 5) is 12.3. The molecule has 0 radical (unpaired) electrons. The second-order valence-electron chi connectivity index (χ2n) is 5.28. The molecule has 0 heterocycles. The highest BCUT2D eigenvalue weighted by Crippen LogP contribution is 2.28. The maximum absolute atomic E-state index is 12.3. The van der Waals surface area contributed by atoms with Crippen LogP contribution in [-0.2, 0) is 6.42 Å². The molecule has 5 nitrogen and oxygen atoms in total. The summed E-state index contributed by atoms with van der Waals surface area (Å²) < 4.78 is 10.3. The highest BCUT2D eigenvalue weighted by atomic mass is 35.5. The molecule has 128 valence electrons. The van der Waals surface area contributed by atoms with Crippen LogP contribution in [0.4, 0.5) is 5.69 Å². The Bertz CT molecular complexity index is 702. The van der Waals surface area contributed by atoms with Crippen LogP contribution in [0.3, 0.4) is 0 Å². The molecule has 0 bridgehead atoms. The van der Waals surface area contributed by atoms with Crippen molar-refractivity contribution in [3.63, 3.8) is 0 Å². The lowest BCUT2D eigenvalue weighted by Crippen LogP contribution is -2.25. The van der Waals surface area contributed by atoms with E-state index >= 15 is 0 Å². The standard InChI is InChI=1S/C18H21ClN2O3/c1-23-13-7-5-12(6-8-13)4-3-9-21-18(22)14-10-15(19)16(20)11-17(14)24-2/h5-8,10-11H,3-4,9,20H2,1-2H3,(H,21,22). The Labute approximate surface area is 146 Å². The average Bonchev–Trinajstić information content (AvgIpc) is 2.61. The molecule has 6 heteroatoms. The Morgan fingerprint density at radius 3 is 2.50 bits per heavy atom. The van der Waals surface area contributed by atoms with E-state index in [1.165, 1.54) is 18.7 Å². The molecule has 3 N–H and O–H groups in total. The van der Waals surface area contributed by atoms with Crippen molar-refractivity contribution in [3.05, 3.63) is 52.5 Å². The number of rotatable bonds is 7. The molecule has 0 unspecified atom stereocenters. The molecule has 0 aliphatic rings. The van der Waals surface area contributed by atoms with Crippen LogP contribution in [-0.4, -0.2) is 26.7 Å². The molecule has 24 heavy (non-hydrogen) atoms. The van der Waals surface area contributed by atoms with Gasteiger partial charge in [0.2, 0.25) is 0 Å². The first-order valence-electron chi connectivity index (χ1n) is 7.59. The molecule has 0 saturated carbocycles. The zero-order valence-electron chi connectivity index (χ0n) is 13.8. The van der Waals surface area contributed by atoms with Crippen molar-refractivity contribution in [2.75, 3.05) is 26.5 Å². The zero-order chi connectivity index (χ0) is 17.5. The summed E-state index contributed by atoms with van der Waals surface area (Å²) in [6.07, 6.45) is 1.69. The molecule has 0 saturated heterocycles. The molecule has 2 aromatic rings. The normalized spacial score (nSPS) is 10.3. The van der Waals surface area contributed by atoms with Gasteiger partial charge in [-0.15, -0.1) is 0 Å². The molecule has 0 fully saturated rings. The lowest BCUT2D eigenvalue weighted by Gasteiger charge is -2.11. The first-order chi connectivity index (χ1) is 11.5. The molecular weight excluding hydrogens is 328 g/mol. The van der Waals surface area contributed by atoms with Crippen LogP contribution < -0.4 is 20.5 Å². The third-order valence-corrected chi connectivity index (χ3v) is 3.98. The summed E-state index contributed by atoms with van der Waals surface area (Å²) >= 11 is 5.98. The number of anilines is 1. The second kappa shape index (κ2) is 8.45. The van der Waals surface area contributed by atoms with Crippen molar-refractivity contribution in [1.82, 2.24) is 5.32 Å². The van der Waals surface area contributed by atoms with Crippen LogP contribution in [0.25, 0.3) is 0 Å². The Morgan fingerprint density at radius 1 is 1.17 bits per heavy atom. The van der Waals surface area contributed by atoms with Crippen LogP contribution in [0.1, 0.15) is 22.3 Å². The van der Waals surface area contributed by atoms with Gasteiger partial charge in [0.25, 0.3) is 5.91 Å². The Hall–Kier alpha value is -2.40. The largest absolute Gasteiger partial charge is 0.497 e. The topological polar surface area (TPSA) is 73.6 Å². The highest BCUT2D eigenvalue weighted by molar-refractivity contribution is 6.33. The van der Waals surface area contributed by atoms with Gasteiger partial charge in [-0.1, -0.05) is 23.7 Å². The highest BCUT2D eigenvalue weighted by Gasteiger charge is 2.14. The number of ether oxygens (including phenoxy) is 2. The monoisotopic (exact) mass is 348 g/mol. The second-order valence-corrected chi connectivity index (χ2v) is 5.69. The fourth-order valence-corrected chi connectivity index (χ4v) is 2.46. The van der Waals surface area contributed by atoms with Gasteiger partial charge in [-0.05, 0) is 36.6 Å². The van der Waals surface area contributed by atoms with Crippen LogP contribution >= 0.6 is 11.6 Å². The fraction of sp³-hybridized carbons (Fsp3) is 0.278. The van der Waals surface area contributed by atoms with Gasteiger partial charge < -0.3 is 20.5 Å². The minimum atomic E-state index is -0.233. The first kappa shape index (κ1) is 17.9. The number of hydrogen-bond acceptors (Lipinski definition) is 4. The van der Waals surface area contributed by atoms with Gasteiger partial charge in [-0.3, -0.25) is 4.79 Å². The Kier molecular flexibility index (Phi) is 6.32. The van der Waals surface area contributed by atoms with Crippen molar-refractivity contribution in [2.24, 2.45) is 0 Å². The molecule has 2 aromatic carbocycles. The van der Waals surface area contributed by atoms with Crippen LogP contribution in [0.5, 0.6) is 11.5 Å². The van der Waals surface area contributed by atoms with E-state index in [1.807, 2.05) is 24.3 Å². The zero-order valence-corrected chi connectivity index (χ0v) is 14.5. The quantitative estimate of drug-likeness (QED) is 0.594. The van der Waals surface area contributed by atoms with E-state index in [4.69, 9.17) is 26.8 Å². The third-order valence-electron chi connectivity index (χ3n) is 3.65. The number of nitrogens with one attached hydrogen (secondary N) is 1. The molecule has 1 amide bonds. The van der Waals surface area contributed by atoms with Gasteiger partial charge in [0, 0.05) is 12.6 Å². The summed E-state index contributed by atoms with van der Waals surface area (Å²) in [5, 5.41) is 3.20. The SMILES string of the molecule is COc1ccc(CCCNC(=O)c2cc(Cl)c(N)cc2OC)cc1. The number of halogens is 1. The van der Waals surface area contributed by atoms with Crippen molar-refractivity contribution >= 4 is 23.2 Å². The number of benzene rings is 2. The van der Waals surface area contributed by atoms with Crippen LogP contribution in [0.15, 0.2) is 36.4 Å². The van der Waals surface area contributed by atoms with Crippen molar-refractivity contribution in [1.29, 1.82) is 0 Å². The molecule has 0 aliphatic carbocycles. The van der Waals surface area contributed by atoms with Gasteiger partial charge >= 0.3 is 0 Å². The van der Waals surface area contributed by atoms with E-state index in [-0.39, 0.29) is 5.91 Å². The molecule has 0 atom stereocenters. The summed E-state index contributed by atoms with van der Waals surface area (Å²) in [6.45, 7) is 0.552. The molecule has 0 aromatic heterocycles. The lowest BCUT2D eigenvalue weighted by atomic mass is 10.1. The number of carbonyl (C=O) groups is 1. The molecule has 2 rings (SSSR count). The first-order valence-corrected chi connectivity index (χ1v) is 7.97. The van der Waals surface area contributed by atoms with E-state index in [0.29, 0.717) is 28.6 Å². The summed E-state index contributed by atoms with van der Waals surface area (Å²) in [7, 11) is 3.13. The smallest absolute Gasteiger partial charge is 0.255 e. The lowest BCUT2D eigenvalue weighted by molar-refractivity contribution is 0.0950. The van der Waals surface area contributed by atoms with Crippen LogP contribution in [0.2, 0.25) is 5.02 Å². The van der Waals surface area contributed by atoms with E-state index in [2.05, 4.69) is 5.32 Å². The van der Waals surface area contributed by atoms with E-state index in [1.54, 1.807) is 13.2 Å². The van der Waals surface area contributed by atoms with Gasteiger partial charge in [0.15, 0.2) is 0 Å². The molecule has 0 spiro atoms. The third kappa shape index (κ3) is 4.55. The Morgan fingerprint density at radius 2 is 1.88 bits per heavy atom. The predicted molar refractivity (Wildman–Crippen MR) is 96.1 cm³/mol. The minimum Gasteiger partial charge on any atom is -0.497 e. The number of nitrogen functional groups attached to an aromatic ring is 1. The summed E-state index contributed by atoms with van der Waals surface area (Å²) in [5.74, 6) is 1.01. The number of aryl methyl sites for hydroxylation is 1. The van der Waals surface area contributed by atoms with Gasteiger partial charge in [-0.2, -0.15) is 0 Å². The number of nitrogens with two attached hydrogens (primary N) is 1. The van der Waals surface area contributed by atoms with Gasteiger partial charge in [0.05, 0.1) is 30.5 Å². The van der Waals surface area contributed by atoms with Crippen molar-refractivity contribution < 1.29 is 14.3 Å². The number of carbonyl (C=O) groups excluding carboxylic acids is 1. The minimum absolute atomic E-state index is 0.233. The predicted octanol–water partition coefficient (Wildman–Crippen LogP) is 3.30. The maximum Gasteiger partial charge on any atom is 0.255 e. The maximum atomic E-state index is 12.3. The Balaban J connectivity index is 1.88. The average molecular weight is 349 g/mol. The van der Waals surface area contributed by atoms with Gasteiger partial charge in [0.1, 0.15) is 11.5 Å².